The van der Waals surface area contributed by atoms with Crippen molar-refractivity contribution in [1.82, 2.24) is 9.78 Å². The summed E-state index contributed by atoms with van der Waals surface area (Å²) in [6.45, 7) is 0.807. The standard InChI is InChI=1S/C12H18N2O2/c1-14-6-5-10(13-14)8-11(15)9-12-4-2-3-7-16-12/h5-6,12H,2-4,7-9H2,1H3. The molecule has 0 amide bonds. The Morgan fingerprint density at radius 3 is 3.12 bits per heavy atom. The van der Waals surface area contributed by atoms with Gasteiger partial charge in [0.05, 0.1) is 18.2 Å². The zero-order valence-electron chi connectivity index (χ0n) is 9.69. The molecule has 0 bridgehead atoms. The lowest BCUT2D eigenvalue weighted by molar-refractivity contribution is -0.122. The van der Waals surface area contributed by atoms with Crippen molar-refractivity contribution in [2.45, 2.75) is 38.2 Å². The summed E-state index contributed by atoms with van der Waals surface area (Å²) in [6, 6.07) is 1.89. The van der Waals surface area contributed by atoms with E-state index in [-0.39, 0.29) is 11.9 Å². The Morgan fingerprint density at radius 1 is 1.62 bits per heavy atom. The van der Waals surface area contributed by atoms with Crippen LogP contribution in [-0.4, -0.2) is 28.3 Å². The molecule has 1 unspecified atom stereocenters. The van der Waals surface area contributed by atoms with E-state index in [0.717, 1.165) is 25.1 Å². The molecule has 0 radical (unpaired) electrons. The Morgan fingerprint density at radius 2 is 2.50 bits per heavy atom. The molecule has 4 nitrogen and oxygen atoms in total. The highest BCUT2D eigenvalue weighted by molar-refractivity contribution is 5.80. The van der Waals surface area contributed by atoms with Gasteiger partial charge in [0.1, 0.15) is 5.78 Å². The maximum Gasteiger partial charge on any atom is 0.141 e. The average Bonchev–Trinajstić information content (AvgIpc) is 2.65. The van der Waals surface area contributed by atoms with E-state index in [1.165, 1.54) is 6.42 Å². The smallest absolute Gasteiger partial charge is 0.141 e. The van der Waals surface area contributed by atoms with Crippen LogP contribution in [0.4, 0.5) is 0 Å². The fraction of sp³-hybridized carbons (Fsp3) is 0.667. The molecule has 2 heterocycles. The molecule has 1 aliphatic rings. The fourth-order valence-corrected chi connectivity index (χ4v) is 2.05. The monoisotopic (exact) mass is 222 g/mol. The van der Waals surface area contributed by atoms with E-state index in [9.17, 15) is 4.79 Å². The summed E-state index contributed by atoms with van der Waals surface area (Å²) in [5.74, 6) is 0.227. The molecular weight excluding hydrogens is 204 g/mol. The van der Waals surface area contributed by atoms with Crippen LogP contribution in [0.25, 0.3) is 0 Å². The van der Waals surface area contributed by atoms with E-state index in [2.05, 4.69) is 5.10 Å². The molecule has 1 aliphatic heterocycles. The number of hydrogen-bond acceptors (Lipinski definition) is 3. The van der Waals surface area contributed by atoms with Crippen LogP contribution in [0.2, 0.25) is 0 Å². The van der Waals surface area contributed by atoms with E-state index in [1.807, 2.05) is 19.3 Å². The first-order chi connectivity index (χ1) is 7.74. The van der Waals surface area contributed by atoms with E-state index in [4.69, 9.17) is 4.74 Å². The molecule has 0 N–H and O–H groups in total. The van der Waals surface area contributed by atoms with Crippen molar-refractivity contribution in [3.05, 3.63) is 18.0 Å². The van der Waals surface area contributed by atoms with Gasteiger partial charge in [0.2, 0.25) is 0 Å². The molecule has 1 saturated heterocycles. The molecule has 0 spiro atoms. The molecule has 16 heavy (non-hydrogen) atoms. The highest BCUT2D eigenvalue weighted by Gasteiger charge is 2.18. The molecule has 1 aromatic heterocycles. The number of rotatable bonds is 4. The van der Waals surface area contributed by atoms with Crippen LogP contribution in [-0.2, 0) is 23.0 Å². The predicted octanol–water partition coefficient (Wildman–Crippen LogP) is 1.49. The third kappa shape index (κ3) is 3.17. The summed E-state index contributed by atoms with van der Waals surface area (Å²) in [4.78, 5) is 11.8. The third-order valence-electron chi connectivity index (χ3n) is 2.88. The highest BCUT2D eigenvalue weighted by Crippen LogP contribution is 2.16. The Bertz CT molecular complexity index is 354. The predicted molar refractivity (Wildman–Crippen MR) is 60.1 cm³/mol. The SMILES string of the molecule is Cn1ccc(CC(=O)CC2CCCCO2)n1. The Balaban J connectivity index is 1.79. The molecule has 4 heteroatoms. The van der Waals surface area contributed by atoms with Crippen LogP contribution < -0.4 is 0 Å². The lowest BCUT2D eigenvalue weighted by Gasteiger charge is -2.21. The van der Waals surface area contributed by atoms with E-state index < -0.39 is 0 Å². The third-order valence-corrected chi connectivity index (χ3v) is 2.88. The lowest BCUT2D eigenvalue weighted by atomic mass is 10.0. The fourth-order valence-electron chi connectivity index (χ4n) is 2.05. The van der Waals surface area contributed by atoms with Crippen LogP contribution in [0.5, 0.6) is 0 Å². The second-order valence-corrected chi connectivity index (χ2v) is 4.39. The Kier molecular flexibility index (Phi) is 3.72. The van der Waals surface area contributed by atoms with Crippen LogP contribution in [0.15, 0.2) is 12.3 Å². The summed E-state index contributed by atoms with van der Waals surface area (Å²) in [6.07, 6.45) is 6.31. The molecule has 1 fully saturated rings. The van der Waals surface area contributed by atoms with Gasteiger partial charge >= 0.3 is 0 Å². The van der Waals surface area contributed by atoms with Crippen molar-refractivity contribution < 1.29 is 9.53 Å². The van der Waals surface area contributed by atoms with Gasteiger partial charge in [-0.25, -0.2) is 0 Å². The zero-order valence-corrected chi connectivity index (χ0v) is 9.69. The molecule has 0 aromatic carbocycles. The van der Waals surface area contributed by atoms with Gasteiger partial charge in [-0.1, -0.05) is 0 Å². The number of hydrogen-bond donors (Lipinski definition) is 0. The van der Waals surface area contributed by atoms with Gasteiger partial charge in [0.15, 0.2) is 0 Å². The van der Waals surface area contributed by atoms with Gasteiger partial charge in [0.25, 0.3) is 0 Å². The van der Waals surface area contributed by atoms with E-state index in [0.29, 0.717) is 12.8 Å². The maximum absolute atomic E-state index is 11.8. The van der Waals surface area contributed by atoms with Crippen molar-refractivity contribution in [3.63, 3.8) is 0 Å². The average molecular weight is 222 g/mol. The number of Topliss-reactive ketones (excluding diaryl/α,β-unsaturated/α-hetero) is 1. The first-order valence-electron chi connectivity index (χ1n) is 5.86. The first-order valence-corrected chi connectivity index (χ1v) is 5.86. The second kappa shape index (κ2) is 5.25. The lowest BCUT2D eigenvalue weighted by Crippen LogP contribution is -2.23. The van der Waals surface area contributed by atoms with Gasteiger partial charge in [-0.05, 0) is 25.3 Å². The number of aryl methyl sites for hydroxylation is 1. The number of ketones is 1. The summed E-state index contributed by atoms with van der Waals surface area (Å²) in [7, 11) is 1.86. The summed E-state index contributed by atoms with van der Waals surface area (Å²) in [5.41, 5.74) is 0.850. The van der Waals surface area contributed by atoms with Crippen LogP contribution in [0, 0.1) is 0 Å². The summed E-state index contributed by atoms with van der Waals surface area (Å²) >= 11 is 0. The number of ether oxygens (including phenoxy) is 1. The first kappa shape index (κ1) is 11.3. The minimum atomic E-state index is 0.143. The van der Waals surface area contributed by atoms with Crippen LogP contribution in [0.3, 0.4) is 0 Å². The van der Waals surface area contributed by atoms with Crippen molar-refractivity contribution >= 4 is 5.78 Å². The molecule has 0 aliphatic carbocycles. The van der Waals surface area contributed by atoms with Gasteiger partial charge in [-0.15, -0.1) is 0 Å². The maximum atomic E-state index is 11.8. The van der Waals surface area contributed by atoms with Crippen LogP contribution in [0.1, 0.15) is 31.4 Å². The number of nitrogens with zero attached hydrogens (tertiary/aromatic N) is 2. The normalized spacial score (nSPS) is 20.9. The summed E-state index contributed by atoms with van der Waals surface area (Å²) in [5, 5.41) is 4.20. The van der Waals surface area contributed by atoms with Crippen molar-refractivity contribution in [2.24, 2.45) is 7.05 Å². The molecule has 2 rings (SSSR count). The Hall–Kier alpha value is -1.16. The van der Waals surface area contributed by atoms with Crippen molar-refractivity contribution in [1.29, 1.82) is 0 Å². The topological polar surface area (TPSA) is 44.1 Å². The van der Waals surface area contributed by atoms with Gasteiger partial charge in [0, 0.05) is 26.3 Å². The van der Waals surface area contributed by atoms with Gasteiger partial charge in [-0.2, -0.15) is 5.10 Å². The number of aromatic nitrogens is 2. The summed E-state index contributed by atoms with van der Waals surface area (Å²) < 4.78 is 7.27. The Labute approximate surface area is 95.6 Å². The second-order valence-electron chi connectivity index (χ2n) is 4.39. The van der Waals surface area contributed by atoms with E-state index in [1.54, 1.807) is 4.68 Å². The molecule has 1 atom stereocenters. The molecule has 1 aromatic rings. The molecule has 0 saturated carbocycles. The van der Waals surface area contributed by atoms with E-state index >= 15 is 0 Å². The molecular formula is C12H18N2O2. The largest absolute Gasteiger partial charge is 0.378 e. The number of carbonyl (C=O) groups is 1. The van der Waals surface area contributed by atoms with Crippen molar-refractivity contribution in [3.8, 4) is 0 Å². The minimum Gasteiger partial charge on any atom is -0.378 e. The van der Waals surface area contributed by atoms with Crippen molar-refractivity contribution in [2.75, 3.05) is 6.61 Å². The van der Waals surface area contributed by atoms with Gasteiger partial charge in [-0.3, -0.25) is 9.48 Å². The minimum absolute atomic E-state index is 0.143. The number of carbonyl (C=O) groups excluding carboxylic acids is 1. The van der Waals surface area contributed by atoms with Gasteiger partial charge < -0.3 is 4.74 Å². The highest BCUT2D eigenvalue weighted by atomic mass is 16.5. The molecule has 88 valence electrons. The van der Waals surface area contributed by atoms with Crippen LogP contribution >= 0.6 is 0 Å². The zero-order chi connectivity index (χ0) is 11.4. The quantitative estimate of drug-likeness (QED) is 0.775.